The van der Waals surface area contributed by atoms with E-state index in [1.54, 1.807) is 42.7 Å². The van der Waals surface area contributed by atoms with Gasteiger partial charge in [-0.15, -0.1) is 0 Å². The van der Waals surface area contributed by atoms with Crippen LogP contribution < -0.4 is 16.4 Å². The number of carbonyl (C=O) groups excluding carboxylic acids is 2. The normalized spacial score (nSPS) is 10.4. The molecule has 2 amide bonds. The number of nitrogen functional groups attached to an aromatic ring is 1. The van der Waals surface area contributed by atoms with E-state index < -0.39 is 0 Å². The van der Waals surface area contributed by atoms with Crippen molar-refractivity contribution in [2.24, 2.45) is 0 Å². The lowest BCUT2D eigenvalue weighted by atomic mass is 10.1. The molecule has 6 nitrogen and oxygen atoms in total. The van der Waals surface area contributed by atoms with E-state index in [1.165, 1.54) is 0 Å². The van der Waals surface area contributed by atoms with Crippen molar-refractivity contribution >= 4 is 23.2 Å². The summed E-state index contributed by atoms with van der Waals surface area (Å²) < 4.78 is 5.17. The summed E-state index contributed by atoms with van der Waals surface area (Å²) in [5.74, 6) is 0.405. The van der Waals surface area contributed by atoms with Crippen LogP contribution in [0.5, 0.6) is 0 Å². The third-order valence-electron chi connectivity index (χ3n) is 4.05. The number of hydrogen-bond donors (Lipinski definition) is 3. The SMILES string of the molecule is Nc1ccc(CCC(=O)Nc2ccc(C(=O)NCc3ccco3)cc2)cc1. The summed E-state index contributed by atoms with van der Waals surface area (Å²) in [5.41, 5.74) is 8.58. The van der Waals surface area contributed by atoms with Crippen LogP contribution in [0.3, 0.4) is 0 Å². The first-order valence-corrected chi connectivity index (χ1v) is 8.65. The second-order valence-corrected chi connectivity index (χ2v) is 6.13. The lowest BCUT2D eigenvalue weighted by molar-refractivity contribution is -0.116. The Morgan fingerprint density at radius 3 is 2.37 bits per heavy atom. The molecule has 27 heavy (non-hydrogen) atoms. The molecule has 3 rings (SSSR count). The van der Waals surface area contributed by atoms with Gasteiger partial charge in [-0.3, -0.25) is 9.59 Å². The standard InChI is InChI=1S/C21H21N3O3/c22-17-8-3-15(4-9-17)5-12-20(25)24-18-10-6-16(7-11-18)21(26)23-14-19-2-1-13-27-19/h1-4,6-11,13H,5,12,14,22H2,(H,23,26)(H,24,25). The van der Waals surface area contributed by atoms with Gasteiger partial charge in [-0.05, 0) is 60.5 Å². The quantitative estimate of drug-likeness (QED) is 0.561. The molecule has 0 unspecified atom stereocenters. The van der Waals surface area contributed by atoms with Crippen LogP contribution in [0.15, 0.2) is 71.3 Å². The van der Waals surface area contributed by atoms with E-state index in [1.807, 2.05) is 24.3 Å². The van der Waals surface area contributed by atoms with Gasteiger partial charge in [0, 0.05) is 23.4 Å². The number of amides is 2. The summed E-state index contributed by atoms with van der Waals surface area (Å²) in [4.78, 5) is 24.2. The van der Waals surface area contributed by atoms with Crippen molar-refractivity contribution in [2.75, 3.05) is 11.1 Å². The number of carbonyl (C=O) groups is 2. The summed E-state index contributed by atoms with van der Waals surface area (Å²) >= 11 is 0. The Bertz CT molecular complexity index is 885. The first-order chi connectivity index (χ1) is 13.1. The average molecular weight is 363 g/mol. The van der Waals surface area contributed by atoms with E-state index in [0.29, 0.717) is 42.1 Å². The molecule has 0 aliphatic carbocycles. The third-order valence-corrected chi connectivity index (χ3v) is 4.05. The molecule has 4 N–H and O–H groups in total. The third kappa shape index (κ3) is 5.47. The van der Waals surface area contributed by atoms with Gasteiger partial charge in [0.2, 0.25) is 5.91 Å². The van der Waals surface area contributed by atoms with E-state index in [2.05, 4.69) is 10.6 Å². The van der Waals surface area contributed by atoms with Crippen LogP contribution in [-0.2, 0) is 17.8 Å². The molecule has 0 atom stereocenters. The smallest absolute Gasteiger partial charge is 0.251 e. The van der Waals surface area contributed by atoms with Crippen molar-refractivity contribution < 1.29 is 14.0 Å². The topological polar surface area (TPSA) is 97.4 Å². The summed E-state index contributed by atoms with van der Waals surface area (Å²) in [5, 5.41) is 5.61. The van der Waals surface area contributed by atoms with Gasteiger partial charge in [0.05, 0.1) is 12.8 Å². The van der Waals surface area contributed by atoms with Crippen LogP contribution in [-0.4, -0.2) is 11.8 Å². The van der Waals surface area contributed by atoms with Gasteiger partial charge in [0.25, 0.3) is 5.91 Å². The lowest BCUT2D eigenvalue weighted by Gasteiger charge is -2.07. The Hall–Kier alpha value is -3.54. The molecule has 138 valence electrons. The number of rotatable bonds is 7. The molecule has 0 saturated heterocycles. The number of benzene rings is 2. The maximum absolute atomic E-state index is 12.1. The predicted octanol–water partition coefficient (Wildman–Crippen LogP) is 3.36. The Kier molecular flexibility index (Phi) is 5.89. The minimum absolute atomic E-state index is 0.0816. The summed E-state index contributed by atoms with van der Waals surface area (Å²) in [7, 11) is 0. The lowest BCUT2D eigenvalue weighted by Crippen LogP contribution is -2.22. The van der Waals surface area contributed by atoms with E-state index in [9.17, 15) is 9.59 Å². The van der Waals surface area contributed by atoms with Crippen LogP contribution in [0.1, 0.15) is 28.1 Å². The average Bonchev–Trinajstić information content (AvgIpc) is 3.20. The summed E-state index contributed by atoms with van der Waals surface area (Å²) in [6.45, 7) is 0.329. The Morgan fingerprint density at radius 2 is 1.70 bits per heavy atom. The number of furan rings is 1. The highest BCUT2D eigenvalue weighted by atomic mass is 16.3. The molecular weight excluding hydrogens is 342 g/mol. The van der Waals surface area contributed by atoms with Gasteiger partial charge in [0.15, 0.2) is 0 Å². The van der Waals surface area contributed by atoms with Crippen molar-refractivity contribution in [3.63, 3.8) is 0 Å². The van der Waals surface area contributed by atoms with Gasteiger partial charge in [-0.2, -0.15) is 0 Å². The number of hydrogen-bond acceptors (Lipinski definition) is 4. The van der Waals surface area contributed by atoms with Crippen molar-refractivity contribution in [1.29, 1.82) is 0 Å². The maximum atomic E-state index is 12.1. The van der Waals surface area contributed by atoms with E-state index in [4.69, 9.17) is 10.2 Å². The molecule has 1 aromatic heterocycles. The molecule has 6 heteroatoms. The number of nitrogens with two attached hydrogens (primary N) is 1. The fourth-order valence-electron chi connectivity index (χ4n) is 2.55. The molecule has 0 saturated carbocycles. The zero-order chi connectivity index (χ0) is 19.1. The van der Waals surface area contributed by atoms with Crippen molar-refractivity contribution in [3.05, 3.63) is 83.8 Å². The molecule has 0 fully saturated rings. The zero-order valence-corrected chi connectivity index (χ0v) is 14.8. The minimum Gasteiger partial charge on any atom is -0.467 e. The highest BCUT2D eigenvalue weighted by molar-refractivity contribution is 5.95. The summed E-state index contributed by atoms with van der Waals surface area (Å²) in [6.07, 6.45) is 2.57. The largest absolute Gasteiger partial charge is 0.467 e. The Labute approximate surface area is 157 Å². The van der Waals surface area contributed by atoms with Gasteiger partial charge in [-0.25, -0.2) is 0 Å². The fourth-order valence-corrected chi connectivity index (χ4v) is 2.55. The monoisotopic (exact) mass is 363 g/mol. The van der Waals surface area contributed by atoms with Gasteiger partial charge in [-0.1, -0.05) is 12.1 Å². The molecule has 0 aliphatic heterocycles. The van der Waals surface area contributed by atoms with Gasteiger partial charge in [0.1, 0.15) is 5.76 Å². The number of anilines is 2. The molecule has 0 aliphatic rings. The van der Waals surface area contributed by atoms with Crippen LogP contribution in [0.25, 0.3) is 0 Å². The summed E-state index contributed by atoms with van der Waals surface area (Å²) in [6, 6.07) is 17.8. The predicted molar refractivity (Wildman–Crippen MR) is 104 cm³/mol. The van der Waals surface area contributed by atoms with Gasteiger partial charge < -0.3 is 20.8 Å². The number of aryl methyl sites for hydroxylation is 1. The second-order valence-electron chi connectivity index (χ2n) is 6.13. The molecule has 2 aromatic carbocycles. The van der Waals surface area contributed by atoms with Crippen molar-refractivity contribution in [3.8, 4) is 0 Å². The molecule has 0 radical (unpaired) electrons. The molecule has 1 heterocycles. The van der Waals surface area contributed by atoms with Crippen molar-refractivity contribution in [2.45, 2.75) is 19.4 Å². The first-order valence-electron chi connectivity index (χ1n) is 8.65. The van der Waals surface area contributed by atoms with Crippen LogP contribution >= 0.6 is 0 Å². The molecule has 0 spiro atoms. The maximum Gasteiger partial charge on any atom is 0.251 e. The van der Waals surface area contributed by atoms with E-state index in [-0.39, 0.29) is 11.8 Å². The van der Waals surface area contributed by atoms with Crippen LogP contribution in [0, 0.1) is 0 Å². The fraction of sp³-hybridized carbons (Fsp3) is 0.143. The minimum atomic E-state index is -0.201. The van der Waals surface area contributed by atoms with Crippen molar-refractivity contribution in [1.82, 2.24) is 5.32 Å². The number of nitrogens with one attached hydrogen (secondary N) is 2. The zero-order valence-electron chi connectivity index (χ0n) is 14.8. The highest BCUT2D eigenvalue weighted by Crippen LogP contribution is 2.12. The molecule has 0 bridgehead atoms. The van der Waals surface area contributed by atoms with Crippen LogP contribution in [0.2, 0.25) is 0 Å². The molecular formula is C21H21N3O3. The Morgan fingerprint density at radius 1 is 0.963 bits per heavy atom. The van der Waals surface area contributed by atoms with E-state index >= 15 is 0 Å². The highest BCUT2D eigenvalue weighted by Gasteiger charge is 2.08. The Balaban J connectivity index is 1.47. The van der Waals surface area contributed by atoms with Gasteiger partial charge >= 0.3 is 0 Å². The van der Waals surface area contributed by atoms with E-state index in [0.717, 1.165) is 5.56 Å². The second kappa shape index (κ2) is 8.71. The first kappa shape index (κ1) is 18.3. The molecule has 3 aromatic rings. The van der Waals surface area contributed by atoms with Crippen LogP contribution in [0.4, 0.5) is 11.4 Å².